The maximum atomic E-state index is 3.75. The molecule has 1 aliphatic rings. The van der Waals surface area contributed by atoms with E-state index in [1.807, 2.05) is 11.8 Å². The minimum atomic E-state index is 0.758. The van der Waals surface area contributed by atoms with Crippen molar-refractivity contribution in [2.75, 3.05) is 12.3 Å². The van der Waals surface area contributed by atoms with Crippen LogP contribution in [0.2, 0.25) is 0 Å². The Morgan fingerprint density at radius 3 is 2.68 bits per heavy atom. The van der Waals surface area contributed by atoms with Crippen LogP contribution in [-0.2, 0) is 0 Å². The Hall–Kier alpha value is -0.470. The minimum absolute atomic E-state index is 0.758. The van der Waals surface area contributed by atoms with Crippen molar-refractivity contribution in [1.82, 2.24) is 5.32 Å². The molecule has 106 valence electrons. The summed E-state index contributed by atoms with van der Waals surface area (Å²) in [6, 6.07) is 7.54. The van der Waals surface area contributed by atoms with Gasteiger partial charge in [0.2, 0.25) is 0 Å². The molecule has 1 aromatic rings. The summed E-state index contributed by atoms with van der Waals surface area (Å²) < 4.78 is 0. The monoisotopic (exact) mass is 277 g/mol. The lowest BCUT2D eigenvalue weighted by atomic mass is 9.86. The molecular weight excluding hydrogens is 250 g/mol. The van der Waals surface area contributed by atoms with Crippen LogP contribution < -0.4 is 5.32 Å². The summed E-state index contributed by atoms with van der Waals surface area (Å²) in [4.78, 5) is 1.40. The summed E-state index contributed by atoms with van der Waals surface area (Å²) in [5.74, 6) is 2.03. The average molecular weight is 277 g/mol. The van der Waals surface area contributed by atoms with E-state index in [1.54, 1.807) is 0 Å². The van der Waals surface area contributed by atoms with Gasteiger partial charge >= 0.3 is 0 Å². The summed E-state index contributed by atoms with van der Waals surface area (Å²) in [5, 5.41) is 3.75. The zero-order chi connectivity index (χ0) is 13.7. The van der Waals surface area contributed by atoms with Crippen molar-refractivity contribution in [3.8, 4) is 0 Å². The van der Waals surface area contributed by atoms with Gasteiger partial charge in [-0.25, -0.2) is 0 Å². The van der Waals surface area contributed by atoms with Crippen molar-refractivity contribution in [2.45, 2.75) is 57.4 Å². The van der Waals surface area contributed by atoms with E-state index in [9.17, 15) is 0 Å². The van der Waals surface area contributed by atoms with E-state index in [0.29, 0.717) is 0 Å². The van der Waals surface area contributed by atoms with Gasteiger partial charge in [-0.05, 0) is 55.9 Å². The lowest BCUT2D eigenvalue weighted by Gasteiger charge is -2.29. The van der Waals surface area contributed by atoms with Crippen LogP contribution in [0.5, 0.6) is 0 Å². The fourth-order valence-electron chi connectivity index (χ4n) is 2.84. The van der Waals surface area contributed by atoms with Crippen LogP contribution in [0.3, 0.4) is 0 Å². The van der Waals surface area contributed by atoms with Crippen LogP contribution in [0.1, 0.15) is 43.7 Å². The largest absolute Gasteiger partial charge is 0.313 e. The lowest BCUT2D eigenvalue weighted by Crippen LogP contribution is -2.38. The highest BCUT2D eigenvalue weighted by atomic mass is 32.2. The van der Waals surface area contributed by atoms with E-state index >= 15 is 0 Å². The van der Waals surface area contributed by atoms with Crippen molar-refractivity contribution < 1.29 is 0 Å². The molecule has 0 aliphatic heterocycles. The molecule has 2 atom stereocenters. The number of benzene rings is 1. The molecule has 1 nitrogen and oxygen atoms in total. The molecule has 0 bridgehead atoms. The van der Waals surface area contributed by atoms with Crippen LogP contribution in [0.15, 0.2) is 23.1 Å². The van der Waals surface area contributed by atoms with Gasteiger partial charge in [0.1, 0.15) is 0 Å². The zero-order valence-corrected chi connectivity index (χ0v) is 13.4. The van der Waals surface area contributed by atoms with E-state index in [0.717, 1.165) is 18.5 Å². The molecule has 0 aromatic heterocycles. The van der Waals surface area contributed by atoms with Crippen molar-refractivity contribution in [1.29, 1.82) is 0 Å². The Morgan fingerprint density at radius 1 is 1.16 bits per heavy atom. The first-order valence-electron chi connectivity index (χ1n) is 7.60. The molecule has 1 aromatic carbocycles. The number of hydrogen-bond acceptors (Lipinski definition) is 2. The maximum absolute atomic E-state index is 3.75. The van der Waals surface area contributed by atoms with Gasteiger partial charge < -0.3 is 5.32 Å². The van der Waals surface area contributed by atoms with Crippen molar-refractivity contribution in [3.63, 3.8) is 0 Å². The highest BCUT2D eigenvalue weighted by molar-refractivity contribution is 7.99. The second-order valence-electron chi connectivity index (χ2n) is 5.92. The van der Waals surface area contributed by atoms with E-state index in [1.165, 1.54) is 47.5 Å². The first-order valence-corrected chi connectivity index (χ1v) is 8.59. The van der Waals surface area contributed by atoms with Crippen LogP contribution in [0, 0.1) is 19.8 Å². The molecule has 0 spiro atoms. The first-order chi connectivity index (χ1) is 9.16. The molecule has 2 heteroatoms. The fraction of sp³-hybridized carbons (Fsp3) is 0.647. The average Bonchev–Trinajstić information content (AvgIpc) is 2.40. The molecule has 1 aliphatic carbocycles. The van der Waals surface area contributed by atoms with Gasteiger partial charge in [0.25, 0.3) is 0 Å². The van der Waals surface area contributed by atoms with Gasteiger partial charge in [-0.3, -0.25) is 0 Å². The van der Waals surface area contributed by atoms with Crippen LogP contribution in [-0.4, -0.2) is 18.3 Å². The smallest absolute Gasteiger partial charge is 0.0106 e. The topological polar surface area (TPSA) is 12.0 Å². The molecule has 2 rings (SSSR count). The fourth-order valence-corrected chi connectivity index (χ4v) is 3.72. The molecule has 0 saturated heterocycles. The van der Waals surface area contributed by atoms with Gasteiger partial charge in [-0.2, -0.15) is 0 Å². The van der Waals surface area contributed by atoms with Gasteiger partial charge in [0.05, 0.1) is 0 Å². The third-order valence-corrected chi connectivity index (χ3v) is 5.36. The Balaban J connectivity index is 1.70. The van der Waals surface area contributed by atoms with Crippen LogP contribution >= 0.6 is 11.8 Å². The predicted molar refractivity (Wildman–Crippen MR) is 86.1 cm³/mol. The third-order valence-electron chi connectivity index (χ3n) is 4.37. The molecule has 0 amide bonds. The van der Waals surface area contributed by atoms with Crippen molar-refractivity contribution in [2.24, 2.45) is 5.92 Å². The number of nitrogens with one attached hydrogen (secondary N) is 1. The van der Waals surface area contributed by atoms with Gasteiger partial charge in [-0.1, -0.05) is 25.8 Å². The van der Waals surface area contributed by atoms with Crippen LogP contribution in [0.4, 0.5) is 0 Å². The highest BCUT2D eigenvalue weighted by Crippen LogP contribution is 2.24. The van der Waals surface area contributed by atoms with Gasteiger partial charge in [0.15, 0.2) is 0 Å². The molecule has 0 radical (unpaired) electrons. The lowest BCUT2D eigenvalue weighted by molar-refractivity contribution is 0.285. The Kier molecular flexibility index (Phi) is 5.77. The molecule has 19 heavy (non-hydrogen) atoms. The molecular formula is C17H27NS. The third kappa shape index (κ3) is 4.54. The molecule has 1 N–H and O–H groups in total. The summed E-state index contributed by atoms with van der Waals surface area (Å²) in [6.45, 7) is 7.90. The van der Waals surface area contributed by atoms with Crippen LogP contribution in [0.25, 0.3) is 0 Å². The van der Waals surface area contributed by atoms with E-state index in [4.69, 9.17) is 0 Å². The quantitative estimate of drug-likeness (QED) is 0.625. The summed E-state index contributed by atoms with van der Waals surface area (Å²) >= 11 is 1.97. The second-order valence-corrected chi connectivity index (χ2v) is 7.09. The Labute approximate surface area is 122 Å². The standard InChI is InChI=1S/C17H27NS/c1-13-8-9-16(12-15(13)3)19-11-10-18-17-7-5-4-6-14(17)2/h8-9,12,14,17-18H,4-7,10-11H2,1-3H3. The number of rotatable bonds is 5. The minimum Gasteiger partial charge on any atom is -0.313 e. The maximum Gasteiger partial charge on any atom is 0.0106 e. The van der Waals surface area contributed by atoms with Crippen molar-refractivity contribution in [3.05, 3.63) is 29.3 Å². The molecule has 1 fully saturated rings. The second kappa shape index (κ2) is 7.35. The summed E-state index contributed by atoms with van der Waals surface area (Å²) in [6.07, 6.45) is 5.61. The summed E-state index contributed by atoms with van der Waals surface area (Å²) in [7, 11) is 0. The van der Waals surface area contributed by atoms with E-state index in [-0.39, 0.29) is 0 Å². The number of hydrogen-bond donors (Lipinski definition) is 1. The van der Waals surface area contributed by atoms with Gasteiger partial charge in [-0.15, -0.1) is 11.8 Å². The number of aryl methyl sites for hydroxylation is 2. The van der Waals surface area contributed by atoms with Gasteiger partial charge in [0, 0.05) is 23.2 Å². The predicted octanol–water partition coefficient (Wildman–Crippen LogP) is 4.56. The van der Waals surface area contributed by atoms with E-state index in [2.05, 4.69) is 44.3 Å². The SMILES string of the molecule is Cc1ccc(SCCNC2CCCCC2C)cc1C. The molecule has 0 heterocycles. The molecule has 2 unspecified atom stereocenters. The first kappa shape index (κ1) is 14.9. The summed E-state index contributed by atoms with van der Waals surface area (Å²) in [5.41, 5.74) is 2.79. The normalized spacial score (nSPS) is 23.5. The highest BCUT2D eigenvalue weighted by Gasteiger charge is 2.19. The van der Waals surface area contributed by atoms with E-state index < -0.39 is 0 Å². The Bertz CT molecular complexity index is 402. The molecule has 1 saturated carbocycles. The van der Waals surface area contributed by atoms with Crippen molar-refractivity contribution >= 4 is 11.8 Å². The number of thioether (sulfide) groups is 1. The zero-order valence-electron chi connectivity index (χ0n) is 12.5. The Morgan fingerprint density at radius 2 is 1.95 bits per heavy atom.